The molecular formula is C9H15N5O. The number of nitrogens with two attached hydrogens (primary N) is 1. The van der Waals surface area contributed by atoms with Gasteiger partial charge in [0.2, 0.25) is 5.91 Å². The lowest BCUT2D eigenvalue weighted by Crippen LogP contribution is -2.43. The monoisotopic (exact) mass is 209 g/mol. The van der Waals surface area contributed by atoms with Crippen LogP contribution in [0.1, 0.15) is 19.3 Å². The number of carbonyl (C=O) groups excluding carboxylic acids is 1. The summed E-state index contributed by atoms with van der Waals surface area (Å²) in [6.07, 6.45) is 5.89. The third-order valence-electron chi connectivity index (χ3n) is 2.56. The number of hydrogen-bond acceptors (Lipinski definition) is 4. The van der Waals surface area contributed by atoms with Crippen LogP contribution in [0.3, 0.4) is 0 Å². The zero-order valence-electron chi connectivity index (χ0n) is 8.52. The lowest BCUT2D eigenvalue weighted by atomic mass is 10.2. The van der Waals surface area contributed by atoms with Gasteiger partial charge in [-0.1, -0.05) is 5.21 Å². The van der Waals surface area contributed by atoms with Crippen molar-refractivity contribution in [2.75, 3.05) is 6.54 Å². The number of nitrogens with zero attached hydrogens (tertiary/aromatic N) is 3. The zero-order chi connectivity index (χ0) is 10.7. The van der Waals surface area contributed by atoms with E-state index < -0.39 is 5.54 Å². The SMILES string of the molecule is NC1(C(=O)NCCCn2ccnn2)CC1. The van der Waals surface area contributed by atoms with Crippen LogP contribution in [0, 0.1) is 0 Å². The molecule has 0 radical (unpaired) electrons. The average Bonchev–Trinajstić information content (AvgIpc) is 2.80. The van der Waals surface area contributed by atoms with E-state index in [0.29, 0.717) is 6.54 Å². The number of carbonyl (C=O) groups is 1. The number of amides is 1. The molecule has 1 aromatic rings. The third kappa shape index (κ3) is 2.53. The second-order valence-corrected chi connectivity index (χ2v) is 3.93. The van der Waals surface area contributed by atoms with Crippen LogP contribution in [0.2, 0.25) is 0 Å². The van der Waals surface area contributed by atoms with Crippen LogP contribution in [0.25, 0.3) is 0 Å². The van der Waals surface area contributed by atoms with Gasteiger partial charge in [0.1, 0.15) is 0 Å². The molecule has 0 spiro atoms. The van der Waals surface area contributed by atoms with E-state index in [9.17, 15) is 4.79 Å². The highest BCUT2D eigenvalue weighted by molar-refractivity contribution is 5.88. The highest BCUT2D eigenvalue weighted by atomic mass is 16.2. The molecule has 6 nitrogen and oxygen atoms in total. The standard InChI is InChI=1S/C9H15N5O/c10-9(2-3-9)8(15)11-4-1-6-14-7-5-12-13-14/h5,7H,1-4,6,10H2,(H,11,15). The summed E-state index contributed by atoms with van der Waals surface area (Å²) in [7, 11) is 0. The first kappa shape index (κ1) is 10.1. The van der Waals surface area contributed by atoms with Gasteiger partial charge in [0.25, 0.3) is 0 Å². The van der Waals surface area contributed by atoms with Crippen molar-refractivity contribution in [1.82, 2.24) is 20.3 Å². The van der Waals surface area contributed by atoms with Crippen LogP contribution in [-0.4, -0.2) is 33.0 Å². The fourth-order valence-corrected chi connectivity index (χ4v) is 1.33. The van der Waals surface area contributed by atoms with Crippen molar-refractivity contribution in [3.8, 4) is 0 Å². The van der Waals surface area contributed by atoms with E-state index in [0.717, 1.165) is 25.8 Å². The number of aromatic nitrogens is 3. The Morgan fingerprint density at radius 3 is 3.00 bits per heavy atom. The summed E-state index contributed by atoms with van der Waals surface area (Å²) in [6, 6.07) is 0. The molecule has 1 amide bonds. The Labute approximate surface area is 87.8 Å². The number of rotatable bonds is 5. The van der Waals surface area contributed by atoms with Gasteiger partial charge in [-0.05, 0) is 19.3 Å². The lowest BCUT2D eigenvalue weighted by molar-refractivity contribution is -0.123. The quantitative estimate of drug-likeness (QED) is 0.626. The Kier molecular flexibility index (Phi) is 2.68. The molecule has 0 saturated heterocycles. The fraction of sp³-hybridized carbons (Fsp3) is 0.667. The molecule has 0 atom stereocenters. The van der Waals surface area contributed by atoms with Crippen LogP contribution < -0.4 is 11.1 Å². The molecule has 0 bridgehead atoms. The molecule has 0 aromatic carbocycles. The molecule has 1 saturated carbocycles. The number of aryl methyl sites for hydroxylation is 1. The highest BCUT2D eigenvalue weighted by Crippen LogP contribution is 2.31. The fourth-order valence-electron chi connectivity index (χ4n) is 1.33. The van der Waals surface area contributed by atoms with E-state index >= 15 is 0 Å². The van der Waals surface area contributed by atoms with E-state index in [-0.39, 0.29) is 5.91 Å². The molecule has 1 aliphatic rings. The van der Waals surface area contributed by atoms with Crippen LogP contribution in [0.5, 0.6) is 0 Å². The smallest absolute Gasteiger partial charge is 0.240 e. The second kappa shape index (κ2) is 3.98. The van der Waals surface area contributed by atoms with Crippen molar-refractivity contribution in [3.05, 3.63) is 12.4 Å². The van der Waals surface area contributed by atoms with Crippen molar-refractivity contribution >= 4 is 5.91 Å². The largest absolute Gasteiger partial charge is 0.354 e. The Bertz CT molecular complexity index is 330. The summed E-state index contributed by atoms with van der Waals surface area (Å²) >= 11 is 0. The van der Waals surface area contributed by atoms with Crippen LogP contribution in [-0.2, 0) is 11.3 Å². The Hall–Kier alpha value is -1.43. The average molecular weight is 209 g/mol. The van der Waals surface area contributed by atoms with Gasteiger partial charge in [0.15, 0.2) is 0 Å². The third-order valence-corrected chi connectivity index (χ3v) is 2.56. The van der Waals surface area contributed by atoms with Crippen LogP contribution >= 0.6 is 0 Å². The highest BCUT2D eigenvalue weighted by Gasteiger charge is 2.45. The maximum Gasteiger partial charge on any atom is 0.240 e. The molecule has 15 heavy (non-hydrogen) atoms. The van der Waals surface area contributed by atoms with Crippen molar-refractivity contribution in [2.45, 2.75) is 31.3 Å². The lowest BCUT2D eigenvalue weighted by Gasteiger charge is -2.09. The Morgan fingerprint density at radius 1 is 1.60 bits per heavy atom. The minimum Gasteiger partial charge on any atom is -0.354 e. The minimum absolute atomic E-state index is 0.0268. The minimum atomic E-state index is -0.562. The first-order valence-corrected chi connectivity index (χ1v) is 5.12. The molecule has 0 aliphatic heterocycles. The predicted molar refractivity (Wildman–Crippen MR) is 53.8 cm³/mol. The molecule has 1 aromatic heterocycles. The Balaban J connectivity index is 1.61. The number of nitrogens with one attached hydrogen (secondary N) is 1. The maximum atomic E-state index is 11.4. The molecule has 3 N–H and O–H groups in total. The van der Waals surface area contributed by atoms with Crippen molar-refractivity contribution < 1.29 is 4.79 Å². The summed E-state index contributed by atoms with van der Waals surface area (Å²) < 4.78 is 1.74. The van der Waals surface area contributed by atoms with Gasteiger partial charge in [-0.15, -0.1) is 5.10 Å². The van der Waals surface area contributed by atoms with Gasteiger partial charge in [-0.25, -0.2) is 0 Å². The van der Waals surface area contributed by atoms with E-state index in [1.54, 1.807) is 17.1 Å². The molecular weight excluding hydrogens is 194 g/mol. The molecule has 0 unspecified atom stereocenters. The van der Waals surface area contributed by atoms with Crippen molar-refractivity contribution in [2.24, 2.45) is 5.73 Å². The van der Waals surface area contributed by atoms with Gasteiger partial charge in [0, 0.05) is 19.3 Å². The first-order valence-electron chi connectivity index (χ1n) is 5.12. The summed E-state index contributed by atoms with van der Waals surface area (Å²) in [6.45, 7) is 1.40. The summed E-state index contributed by atoms with van der Waals surface area (Å²) in [5, 5.41) is 10.3. The van der Waals surface area contributed by atoms with Gasteiger partial charge in [-0.3, -0.25) is 9.48 Å². The maximum absolute atomic E-state index is 11.4. The van der Waals surface area contributed by atoms with E-state index in [1.165, 1.54) is 0 Å². The van der Waals surface area contributed by atoms with Gasteiger partial charge in [-0.2, -0.15) is 0 Å². The van der Waals surface area contributed by atoms with Gasteiger partial charge >= 0.3 is 0 Å². The van der Waals surface area contributed by atoms with E-state index in [2.05, 4.69) is 15.6 Å². The van der Waals surface area contributed by atoms with Crippen LogP contribution in [0.4, 0.5) is 0 Å². The molecule has 1 aliphatic carbocycles. The molecule has 1 heterocycles. The number of hydrogen-bond donors (Lipinski definition) is 2. The van der Waals surface area contributed by atoms with Gasteiger partial charge < -0.3 is 11.1 Å². The normalized spacial score (nSPS) is 17.4. The zero-order valence-corrected chi connectivity index (χ0v) is 8.52. The predicted octanol–water partition coefficient (Wildman–Crippen LogP) is -0.724. The van der Waals surface area contributed by atoms with Gasteiger partial charge in [0.05, 0.1) is 11.7 Å². The van der Waals surface area contributed by atoms with Crippen molar-refractivity contribution in [1.29, 1.82) is 0 Å². The molecule has 82 valence electrons. The molecule has 2 rings (SSSR count). The Morgan fingerprint density at radius 2 is 2.40 bits per heavy atom. The van der Waals surface area contributed by atoms with E-state index in [4.69, 9.17) is 5.73 Å². The molecule has 6 heteroatoms. The summed E-state index contributed by atoms with van der Waals surface area (Å²) in [5.41, 5.74) is 5.17. The second-order valence-electron chi connectivity index (χ2n) is 3.93. The summed E-state index contributed by atoms with van der Waals surface area (Å²) in [5.74, 6) is -0.0268. The molecule has 1 fully saturated rings. The first-order chi connectivity index (χ1) is 7.21. The van der Waals surface area contributed by atoms with E-state index in [1.807, 2.05) is 0 Å². The topological polar surface area (TPSA) is 85.8 Å². The summed E-state index contributed by atoms with van der Waals surface area (Å²) in [4.78, 5) is 11.4. The van der Waals surface area contributed by atoms with Crippen molar-refractivity contribution in [3.63, 3.8) is 0 Å². The van der Waals surface area contributed by atoms with Crippen LogP contribution in [0.15, 0.2) is 12.4 Å².